The second-order valence-corrected chi connectivity index (χ2v) is 14.3. The lowest BCUT2D eigenvalue weighted by molar-refractivity contribution is 0.714. The minimum Gasteiger partial charge on any atom is -0.228 e. The molecule has 1 aromatic heterocycles. The Balaban J connectivity index is 1.14. The molecule has 0 aliphatic heterocycles. The number of fused-ring (bicyclic) bond motifs is 4. The Morgan fingerprint density at radius 1 is 0.333 bits per heavy atom. The Hall–Kier alpha value is -6.90. The zero-order valence-electron chi connectivity index (χ0n) is 29.9. The van der Waals surface area contributed by atoms with Crippen LogP contribution in [0, 0.1) is 0 Å². The lowest BCUT2D eigenvalue weighted by Gasteiger charge is -2.29. The molecule has 1 atom stereocenters. The molecule has 2 nitrogen and oxygen atoms in total. The Morgan fingerprint density at radius 2 is 0.796 bits per heavy atom. The molecule has 1 heterocycles. The number of hydrogen-bond acceptors (Lipinski definition) is 2. The first-order valence-electron chi connectivity index (χ1n) is 18.6. The molecule has 1 unspecified atom stereocenters. The Labute approximate surface area is 316 Å². The van der Waals surface area contributed by atoms with E-state index in [1.165, 1.54) is 55.5 Å². The van der Waals surface area contributed by atoms with Crippen LogP contribution in [0.15, 0.2) is 200 Å². The molecule has 9 aromatic rings. The lowest BCUT2D eigenvalue weighted by Crippen LogP contribution is -2.22. The van der Waals surface area contributed by atoms with Crippen LogP contribution in [0.25, 0.3) is 78.1 Å². The van der Waals surface area contributed by atoms with E-state index in [9.17, 15) is 0 Å². The van der Waals surface area contributed by atoms with Gasteiger partial charge in [0.15, 0.2) is 5.82 Å². The van der Waals surface area contributed by atoms with Gasteiger partial charge in [0.05, 0.1) is 11.4 Å². The topological polar surface area (TPSA) is 25.8 Å². The maximum atomic E-state index is 5.19. The summed E-state index contributed by atoms with van der Waals surface area (Å²) in [5.41, 5.74) is 16.1. The van der Waals surface area contributed by atoms with E-state index < -0.39 is 0 Å². The maximum absolute atomic E-state index is 5.19. The molecule has 0 bridgehead atoms. The fourth-order valence-corrected chi connectivity index (χ4v) is 8.42. The first-order valence-corrected chi connectivity index (χ1v) is 18.6. The van der Waals surface area contributed by atoms with Gasteiger partial charge in [-0.25, -0.2) is 9.97 Å². The van der Waals surface area contributed by atoms with Gasteiger partial charge in [-0.1, -0.05) is 182 Å². The van der Waals surface area contributed by atoms with Crippen LogP contribution in [0.5, 0.6) is 0 Å². The number of benzene rings is 8. The molecule has 1 aliphatic carbocycles. The highest BCUT2D eigenvalue weighted by Crippen LogP contribution is 2.54. The highest BCUT2D eigenvalue weighted by Gasteiger charge is 2.41. The van der Waals surface area contributed by atoms with E-state index in [4.69, 9.17) is 9.97 Å². The van der Waals surface area contributed by atoms with Gasteiger partial charge in [-0.3, -0.25) is 0 Å². The van der Waals surface area contributed by atoms with E-state index in [-0.39, 0.29) is 5.41 Å². The fraction of sp³-hybridized carbons (Fsp3) is 0.0385. The summed E-state index contributed by atoms with van der Waals surface area (Å²) >= 11 is 0. The van der Waals surface area contributed by atoms with Crippen LogP contribution in [0.1, 0.15) is 23.6 Å². The van der Waals surface area contributed by atoms with E-state index in [1.54, 1.807) is 0 Å². The first-order chi connectivity index (χ1) is 26.6. The van der Waals surface area contributed by atoms with Crippen LogP contribution < -0.4 is 0 Å². The van der Waals surface area contributed by atoms with Crippen LogP contribution in [0.4, 0.5) is 0 Å². The molecular formula is C52H36N2. The van der Waals surface area contributed by atoms with Crippen molar-refractivity contribution >= 4 is 10.8 Å². The largest absolute Gasteiger partial charge is 0.228 e. The average molecular weight is 689 g/mol. The van der Waals surface area contributed by atoms with Crippen molar-refractivity contribution in [2.75, 3.05) is 0 Å². The van der Waals surface area contributed by atoms with Crippen molar-refractivity contribution in [2.45, 2.75) is 12.3 Å². The van der Waals surface area contributed by atoms with Crippen LogP contribution >= 0.6 is 0 Å². The zero-order valence-corrected chi connectivity index (χ0v) is 29.9. The van der Waals surface area contributed by atoms with Crippen LogP contribution in [0.2, 0.25) is 0 Å². The van der Waals surface area contributed by atoms with Crippen molar-refractivity contribution < 1.29 is 0 Å². The van der Waals surface area contributed by atoms with E-state index in [1.807, 2.05) is 24.3 Å². The summed E-state index contributed by atoms with van der Waals surface area (Å²) < 4.78 is 0. The van der Waals surface area contributed by atoms with Crippen molar-refractivity contribution in [3.05, 3.63) is 217 Å². The highest BCUT2D eigenvalue weighted by atomic mass is 14.9. The van der Waals surface area contributed by atoms with E-state index in [0.29, 0.717) is 5.82 Å². The normalized spacial score (nSPS) is 14.5. The van der Waals surface area contributed by atoms with Gasteiger partial charge < -0.3 is 0 Å². The summed E-state index contributed by atoms with van der Waals surface area (Å²) in [5.74, 6) is 0.717. The molecule has 8 aromatic carbocycles. The SMILES string of the molecule is CC1(c2ccccc2)c2cc(-c3ccccc3)ccc2-c2ccc(-c3ccc(-c4cc(-c5ccccc5)nc(-c5ccccc5)n4)c4ccccc34)cc21. The first kappa shape index (κ1) is 31.8. The van der Waals surface area contributed by atoms with Gasteiger partial charge in [0, 0.05) is 22.1 Å². The highest BCUT2D eigenvalue weighted by molar-refractivity contribution is 6.05. The van der Waals surface area contributed by atoms with Crippen molar-refractivity contribution in [1.82, 2.24) is 9.97 Å². The summed E-state index contributed by atoms with van der Waals surface area (Å²) in [5, 5.41) is 2.35. The lowest BCUT2D eigenvalue weighted by atomic mass is 9.73. The molecule has 254 valence electrons. The van der Waals surface area contributed by atoms with E-state index in [0.717, 1.165) is 33.5 Å². The number of rotatable bonds is 6. The molecule has 0 radical (unpaired) electrons. The fourth-order valence-electron chi connectivity index (χ4n) is 8.42. The van der Waals surface area contributed by atoms with Gasteiger partial charge in [0.2, 0.25) is 0 Å². The molecule has 0 spiro atoms. The van der Waals surface area contributed by atoms with Crippen molar-refractivity contribution in [2.24, 2.45) is 0 Å². The van der Waals surface area contributed by atoms with Gasteiger partial charge in [-0.05, 0) is 86.0 Å². The van der Waals surface area contributed by atoms with Gasteiger partial charge in [0.25, 0.3) is 0 Å². The van der Waals surface area contributed by atoms with Crippen LogP contribution in [-0.4, -0.2) is 9.97 Å². The molecule has 0 saturated heterocycles. The van der Waals surface area contributed by atoms with E-state index >= 15 is 0 Å². The number of hydrogen-bond donors (Lipinski definition) is 0. The summed E-state index contributed by atoms with van der Waals surface area (Å²) in [6.07, 6.45) is 0. The Morgan fingerprint density at radius 3 is 1.44 bits per heavy atom. The molecule has 0 N–H and O–H groups in total. The Kier molecular flexibility index (Phi) is 7.63. The van der Waals surface area contributed by atoms with Crippen molar-refractivity contribution in [3.63, 3.8) is 0 Å². The smallest absolute Gasteiger partial charge is 0.160 e. The van der Waals surface area contributed by atoms with Gasteiger partial charge in [-0.15, -0.1) is 0 Å². The third-order valence-electron chi connectivity index (χ3n) is 11.2. The molecule has 0 fully saturated rings. The molecule has 54 heavy (non-hydrogen) atoms. The third-order valence-corrected chi connectivity index (χ3v) is 11.2. The molecule has 1 aliphatic rings. The van der Waals surface area contributed by atoms with Crippen molar-refractivity contribution in [3.8, 4) is 67.3 Å². The quantitative estimate of drug-likeness (QED) is 0.174. The van der Waals surface area contributed by atoms with Gasteiger partial charge >= 0.3 is 0 Å². The minimum atomic E-state index is -0.328. The second-order valence-electron chi connectivity index (χ2n) is 14.3. The molecule has 0 saturated carbocycles. The van der Waals surface area contributed by atoms with Crippen LogP contribution in [0.3, 0.4) is 0 Å². The summed E-state index contributed by atoms with van der Waals surface area (Å²) in [6.45, 7) is 2.40. The zero-order chi connectivity index (χ0) is 36.1. The minimum absolute atomic E-state index is 0.328. The van der Waals surface area contributed by atoms with Gasteiger partial charge in [0.1, 0.15) is 0 Å². The van der Waals surface area contributed by atoms with Crippen LogP contribution in [-0.2, 0) is 5.41 Å². The summed E-state index contributed by atoms with van der Waals surface area (Å²) in [7, 11) is 0. The second kappa shape index (κ2) is 12.9. The average Bonchev–Trinajstić information content (AvgIpc) is 3.51. The summed E-state index contributed by atoms with van der Waals surface area (Å²) in [4.78, 5) is 10.2. The third kappa shape index (κ3) is 5.26. The Bertz CT molecular complexity index is 2750. The predicted molar refractivity (Wildman–Crippen MR) is 224 cm³/mol. The number of nitrogens with zero attached hydrogens (tertiary/aromatic N) is 2. The molecule has 0 amide bonds. The van der Waals surface area contributed by atoms with Gasteiger partial charge in [-0.2, -0.15) is 0 Å². The summed E-state index contributed by atoms with van der Waals surface area (Å²) in [6, 6.07) is 71.8. The molecule has 2 heteroatoms. The number of aromatic nitrogens is 2. The maximum Gasteiger partial charge on any atom is 0.160 e. The molecular weight excluding hydrogens is 653 g/mol. The molecule has 10 rings (SSSR count). The monoisotopic (exact) mass is 688 g/mol. The predicted octanol–water partition coefficient (Wildman–Crippen LogP) is 13.3. The van der Waals surface area contributed by atoms with Crippen molar-refractivity contribution in [1.29, 1.82) is 0 Å². The standard InChI is InChI=1S/C52H36N2/c1-52(40-22-12-5-13-23-40)47-32-38(35-16-6-2-7-17-35)26-28-44(47)45-29-27-39(33-48(45)52)41-30-31-46(43-25-15-14-24-42(41)43)50-34-49(36-18-8-3-9-19-36)53-51(54-50)37-20-10-4-11-21-37/h2-34H,1H3. The van der Waals surface area contributed by atoms with E-state index in [2.05, 4.69) is 183 Å².